The number of aromatic nitrogens is 5. The molecule has 0 atom stereocenters. The van der Waals surface area contributed by atoms with E-state index in [9.17, 15) is 4.79 Å². The smallest absolute Gasteiger partial charge is 0.313 e. The van der Waals surface area contributed by atoms with Gasteiger partial charge in [-0.3, -0.25) is 9.48 Å². The molecule has 0 saturated carbocycles. The minimum atomic E-state index is -0.863. The van der Waals surface area contributed by atoms with Gasteiger partial charge < -0.3 is 9.67 Å². The largest absolute Gasteiger partial charge is 0.481 e. The minimum Gasteiger partial charge on any atom is -0.481 e. The molecular formula is C13H19N5O2S. The molecule has 0 aromatic carbocycles. The Morgan fingerprint density at radius 1 is 1.43 bits per heavy atom. The number of carboxylic acids is 1. The summed E-state index contributed by atoms with van der Waals surface area (Å²) in [7, 11) is 1.86. The van der Waals surface area contributed by atoms with Crippen LogP contribution in [0.4, 0.5) is 0 Å². The molecule has 2 heterocycles. The van der Waals surface area contributed by atoms with E-state index in [-0.39, 0.29) is 5.75 Å². The lowest BCUT2D eigenvalue weighted by Gasteiger charge is -2.11. The molecule has 0 aliphatic heterocycles. The van der Waals surface area contributed by atoms with Crippen molar-refractivity contribution >= 4 is 17.7 Å². The van der Waals surface area contributed by atoms with Crippen molar-refractivity contribution in [3.05, 3.63) is 11.9 Å². The minimum absolute atomic E-state index is 0.0255. The first-order valence-corrected chi connectivity index (χ1v) is 7.65. The van der Waals surface area contributed by atoms with E-state index in [1.165, 1.54) is 11.8 Å². The van der Waals surface area contributed by atoms with E-state index in [2.05, 4.69) is 29.1 Å². The summed E-state index contributed by atoms with van der Waals surface area (Å²) in [6, 6.07) is 0. The second kappa shape index (κ2) is 6.30. The molecule has 0 spiro atoms. The van der Waals surface area contributed by atoms with Crippen LogP contribution < -0.4 is 0 Å². The van der Waals surface area contributed by atoms with Crippen LogP contribution in [0.15, 0.2) is 11.4 Å². The first-order chi connectivity index (χ1) is 9.88. The number of rotatable bonds is 6. The molecule has 8 heteroatoms. The van der Waals surface area contributed by atoms with Gasteiger partial charge in [0.1, 0.15) is 0 Å². The maximum atomic E-state index is 10.7. The lowest BCUT2D eigenvalue weighted by atomic mass is 10.2. The molecular weight excluding hydrogens is 290 g/mol. The molecule has 0 aliphatic carbocycles. The van der Waals surface area contributed by atoms with Gasteiger partial charge in [-0.05, 0) is 12.8 Å². The highest BCUT2D eigenvalue weighted by Gasteiger charge is 2.19. The molecule has 1 N–H and O–H groups in total. The molecule has 0 fully saturated rings. The number of carboxylic acid groups (broad SMARTS) is 1. The number of aryl methyl sites for hydroxylation is 2. The second-order valence-corrected chi connectivity index (χ2v) is 6.24. The Labute approximate surface area is 127 Å². The fraction of sp³-hybridized carbons (Fsp3) is 0.538. The summed E-state index contributed by atoms with van der Waals surface area (Å²) >= 11 is 1.19. The SMILES string of the molecule is Cc1nn(C)cc1-c1nnc(SCC(=O)O)n1CC(C)C. The average molecular weight is 309 g/mol. The van der Waals surface area contributed by atoms with Gasteiger partial charge >= 0.3 is 5.97 Å². The summed E-state index contributed by atoms with van der Waals surface area (Å²) in [6.07, 6.45) is 1.90. The summed E-state index contributed by atoms with van der Waals surface area (Å²) in [5, 5.41) is 22.2. The van der Waals surface area contributed by atoms with Crippen molar-refractivity contribution in [2.24, 2.45) is 13.0 Å². The molecule has 114 valence electrons. The number of aliphatic carboxylic acids is 1. The Morgan fingerprint density at radius 3 is 2.67 bits per heavy atom. The summed E-state index contributed by atoms with van der Waals surface area (Å²) in [6.45, 7) is 6.86. The zero-order chi connectivity index (χ0) is 15.6. The molecule has 7 nitrogen and oxygen atoms in total. The van der Waals surface area contributed by atoms with E-state index >= 15 is 0 Å². The van der Waals surface area contributed by atoms with Crippen LogP contribution in [0.3, 0.4) is 0 Å². The molecule has 0 unspecified atom stereocenters. The number of hydrogen-bond acceptors (Lipinski definition) is 5. The van der Waals surface area contributed by atoms with Gasteiger partial charge in [0.05, 0.1) is 17.0 Å². The summed E-state index contributed by atoms with van der Waals surface area (Å²) in [5.41, 5.74) is 1.80. The molecule has 2 rings (SSSR count). The van der Waals surface area contributed by atoms with Gasteiger partial charge in [0, 0.05) is 19.8 Å². The van der Waals surface area contributed by atoms with Crippen molar-refractivity contribution in [3.63, 3.8) is 0 Å². The van der Waals surface area contributed by atoms with Crippen LogP contribution >= 0.6 is 11.8 Å². The van der Waals surface area contributed by atoms with Gasteiger partial charge in [-0.15, -0.1) is 10.2 Å². The second-order valence-electron chi connectivity index (χ2n) is 5.29. The van der Waals surface area contributed by atoms with Gasteiger partial charge in [-0.25, -0.2) is 0 Å². The predicted molar refractivity (Wildman–Crippen MR) is 80.2 cm³/mol. The molecule has 0 saturated heterocycles. The van der Waals surface area contributed by atoms with Crippen LogP contribution in [0.1, 0.15) is 19.5 Å². The number of hydrogen-bond donors (Lipinski definition) is 1. The summed E-state index contributed by atoms with van der Waals surface area (Å²) < 4.78 is 3.71. The lowest BCUT2D eigenvalue weighted by molar-refractivity contribution is -0.133. The highest BCUT2D eigenvalue weighted by atomic mass is 32.2. The van der Waals surface area contributed by atoms with Crippen molar-refractivity contribution in [3.8, 4) is 11.4 Å². The van der Waals surface area contributed by atoms with Crippen molar-refractivity contribution in [2.75, 3.05) is 5.75 Å². The number of carbonyl (C=O) groups is 1. The van der Waals surface area contributed by atoms with Crippen molar-refractivity contribution in [1.82, 2.24) is 24.5 Å². The zero-order valence-corrected chi connectivity index (χ0v) is 13.4. The predicted octanol–water partition coefficient (Wildman–Crippen LogP) is 1.82. The van der Waals surface area contributed by atoms with Gasteiger partial charge in [-0.2, -0.15) is 5.10 Å². The lowest BCUT2D eigenvalue weighted by Crippen LogP contribution is -2.09. The van der Waals surface area contributed by atoms with E-state index in [0.29, 0.717) is 11.1 Å². The van der Waals surface area contributed by atoms with Gasteiger partial charge in [0.2, 0.25) is 0 Å². The van der Waals surface area contributed by atoms with Gasteiger partial charge in [0.25, 0.3) is 0 Å². The molecule has 2 aromatic heterocycles. The average Bonchev–Trinajstić information content (AvgIpc) is 2.89. The Morgan fingerprint density at radius 2 is 2.14 bits per heavy atom. The Hall–Kier alpha value is -1.83. The topological polar surface area (TPSA) is 85.8 Å². The van der Waals surface area contributed by atoms with Gasteiger partial charge in [-0.1, -0.05) is 25.6 Å². The number of thioether (sulfide) groups is 1. The third-order valence-corrected chi connectivity index (χ3v) is 3.80. The normalized spacial score (nSPS) is 11.3. The van der Waals surface area contributed by atoms with Crippen molar-refractivity contribution < 1.29 is 9.90 Å². The van der Waals surface area contributed by atoms with Crippen LogP contribution in [0.25, 0.3) is 11.4 Å². The molecule has 0 amide bonds. The van der Waals surface area contributed by atoms with Crippen LogP contribution in [-0.2, 0) is 18.4 Å². The fourth-order valence-electron chi connectivity index (χ4n) is 2.07. The quantitative estimate of drug-likeness (QED) is 0.819. The van der Waals surface area contributed by atoms with Crippen molar-refractivity contribution in [2.45, 2.75) is 32.5 Å². The van der Waals surface area contributed by atoms with Crippen LogP contribution in [0.5, 0.6) is 0 Å². The summed E-state index contributed by atoms with van der Waals surface area (Å²) in [4.78, 5) is 10.7. The van der Waals surface area contributed by atoms with E-state index in [4.69, 9.17) is 5.11 Å². The Balaban J connectivity index is 2.41. The molecule has 0 aliphatic rings. The highest BCUT2D eigenvalue weighted by Crippen LogP contribution is 2.26. The molecule has 2 aromatic rings. The first-order valence-electron chi connectivity index (χ1n) is 6.67. The maximum Gasteiger partial charge on any atom is 0.313 e. The van der Waals surface area contributed by atoms with Crippen molar-refractivity contribution in [1.29, 1.82) is 0 Å². The third-order valence-electron chi connectivity index (χ3n) is 2.84. The van der Waals surface area contributed by atoms with E-state index < -0.39 is 5.97 Å². The standard InChI is InChI=1S/C13H19N5O2S/c1-8(2)5-18-12(10-6-17(4)16-9(10)3)14-15-13(18)21-7-11(19)20/h6,8H,5,7H2,1-4H3,(H,19,20). The third kappa shape index (κ3) is 3.63. The Kier molecular flexibility index (Phi) is 4.66. The zero-order valence-electron chi connectivity index (χ0n) is 12.6. The Bertz CT molecular complexity index is 647. The fourth-order valence-corrected chi connectivity index (χ4v) is 2.74. The number of nitrogens with zero attached hydrogens (tertiary/aromatic N) is 5. The highest BCUT2D eigenvalue weighted by molar-refractivity contribution is 7.99. The molecule has 21 heavy (non-hydrogen) atoms. The van der Waals surface area contributed by atoms with Crippen LogP contribution in [0, 0.1) is 12.8 Å². The van der Waals surface area contributed by atoms with Crippen LogP contribution in [-0.4, -0.2) is 41.4 Å². The summed E-state index contributed by atoms with van der Waals surface area (Å²) in [5.74, 6) is 0.253. The maximum absolute atomic E-state index is 10.7. The van der Waals surface area contributed by atoms with E-state index in [1.807, 2.05) is 24.7 Å². The molecule has 0 bridgehead atoms. The van der Waals surface area contributed by atoms with E-state index in [1.54, 1.807) is 4.68 Å². The monoisotopic (exact) mass is 309 g/mol. The first kappa shape index (κ1) is 15.6. The molecule has 0 radical (unpaired) electrons. The van der Waals surface area contributed by atoms with E-state index in [0.717, 1.165) is 23.6 Å². The van der Waals surface area contributed by atoms with Crippen LogP contribution in [0.2, 0.25) is 0 Å². The van der Waals surface area contributed by atoms with Gasteiger partial charge in [0.15, 0.2) is 11.0 Å².